The average molecular weight is 185 g/mol. The molecule has 0 unspecified atom stereocenters. The van der Waals surface area contributed by atoms with Crippen LogP contribution >= 0.6 is 0 Å². The maximum absolute atomic E-state index is 9.98. The van der Waals surface area contributed by atoms with E-state index in [1.807, 2.05) is 0 Å². The summed E-state index contributed by atoms with van der Waals surface area (Å²) in [5.74, 6) is -1.55. The van der Waals surface area contributed by atoms with Crippen LogP contribution in [0.1, 0.15) is 12.8 Å². The lowest BCUT2D eigenvalue weighted by atomic mass is 10.3. The zero-order valence-electron chi connectivity index (χ0n) is 5.86. The van der Waals surface area contributed by atoms with Gasteiger partial charge in [0.1, 0.15) is 0 Å². The number of carboxylic acids is 1. The van der Waals surface area contributed by atoms with E-state index in [2.05, 4.69) is 0 Å². The number of rotatable bonds is 4. The van der Waals surface area contributed by atoms with E-state index in [0.29, 0.717) is 0 Å². The SMILES string of the molecule is N.O=C(O)CCCS(=O)(=O)O. The van der Waals surface area contributed by atoms with Gasteiger partial charge in [0.15, 0.2) is 0 Å². The molecule has 0 aliphatic heterocycles. The van der Waals surface area contributed by atoms with Crippen molar-refractivity contribution in [2.45, 2.75) is 12.8 Å². The highest BCUT2D eigenvalue weighted by Crippen LogP contribution is 1.92. The van der Waals surface area contributed by atoms with Gasteiger partial charge in [-0.3, -0.25) is 9.35 Å². The molecule has 0 atom stereocenters. The molecule has 0 radical (unpaired) electrons. The van der Waals surface area contributed by atoms with Gasteiger partial charge in [-0.1, -0.05) is 0 Å². The molecule has 0 aliphatic carbocycles. The van der Waals surface area contributed by atoms with E-state index in [-0.39, 0.29) is 19.0 Å². The third-order valence-corrected chi connectivity index (χ3v) is 1.60. The van der Waals surface area contributed by atoms with Crippen molar-refractivity contribution >= 4 is 16.1 Å². The van der Waals surface area contributed by atoms with Gasteiger partial charge in [0.25, 0.3) is 10.1 Å². The van der Waals surface area contributed by atoms with Gasteiger partial charge in [-0.2, -0.15) is 8.42 Å². The molecule has 0 aliphatic rings. The second-order valence-corrected chi connectivity index (χ2v) is 3.36. The van der Waals surface area contributed by atoms with Crippen LogP contribution in [0.5, 0.6) is 0 Å². The first-order valence-electron chi connectivity index (χ1n) is 2.59. The summed E-state index contributed by atoms with van der Waals surface area (Å²) in [6, 6.07) is 0. The summed E-state index contributed by atoms with van der Waals surface area (Å²) in [6.07, 6.45) is -0.284. The first-order chi connectivity index (χ1) is 4.42. The Balaban J connectivity index is 0. The van der Waals surface area contributed by atoms with Gasteiger partial charge in [0.2, 0.25) is 0 Å². The second kappa shape index (κ2) is 5.05. The smallest absolute Gasteiger partial charge is 0.303 e. The first-order valence-corrected chi connectivity index (χ1v) is 4.20. The number of aliphatic carboxylic acids is 1. The molecule has 0 saturated carbocycles. The molecular formula is C4H11NO5S. The van der Waals surface area contributed by atoms with Crippen molar-refractivity contribution in [3.8, 4) is 0 Å². The lowest BCUT2D eigenvalue weighted by Gasteiger charge is -1.92. The molecule has 0 heterocycles. The van der Waals surface area contributed by atoms with E-state index >= 15 is 0 Å². The van der Waals surface area contributed by atoms with Crippen molar-refractivity contribution in [1.82, 2.24) is 6.15 Å². The standard InChI is InChI=1S/C4H8O5S.H3N/c5-4(6)2-1-3-10(7,8)9;/h1-3H2,(H,5,6)(H,7,8,9);1H3. The van der Waals surface area contributed by atoms with Crippen LogP contribution < -0.4 is 6.15 Å². The molecule has 0 amide bonds. The van der Waals surface area contributed by atoms with Gasteiger partial charge in [-0.15, -0.1) is 0 Å². The summed E-state index contributed by atoms with van der Waals surface area (Å²) in [4.78, 5) is 9.81. The first kappa shape index (κ1) is 13.0. The predicted molar refractivity (Wildman–Crippen MR) is 38.3 cm³/mol. The molecular weight excluding hydrogens is 174 g/mol. The van der Waals surface area contributed by atoms with Crippen molar-refractivity contribution in [2.75, 3.05) is 5.75 Å². The minimum absolute atomic E-state index is 0. The fraction of sp³-hybridized carbons (Fsp3) is 0.750. The molecule has 68 valence electrons. The molecule has 0 aromatic rings. The fourth-order valence-electron chi connectivity index (χ4n) is 0.406. The molecule has 0 saturated heterocycles. The lowest BCUT2D eigenvalue weighted by Crippen LogP contribution is -2.06. The number of hydrogen-bond acceptors (Lipinski definition) is 4. The Hall–Kier alpha value is -0.660. The molecule has 0 fully saturated rings. The maximum atomic E-state index is 9.98. The molecule has 6 nitrogen and oxygen atoms in total. The van der Waals surface area contributed by atoms with Crippen molar-refractivity contribution in [3.63, 3.8) is 0 Å². The number of carbonyl (C=O) groups is 1. The van der Waals surface area contributed by atoms with Crippen LogP contribution in [0.4, 0.5) is 0 Å². The Morgan fingerprint density at radius 2 is 1.82 bits per heavy atom. The average Bonchev–Trinajstić information content (AvgIpc) is 1.59. The Morgan fingerprint density at radius 3 is 2.09 bits per heavy atom. The van der Waals surface area contributed by atoms with E-state index in [0.717, 1.165) is 0 Å². The van der Waals surface area contributed by atoms with E-state index in [1.54, 1.807) is 0 Å². The highest BCUT2D eigenvalue weighted by Gasteiger charge is 2.05. The van der Waals surface area contributed by atoms with Gasteiger partial charge >= 0.3 is 5.97 Å². The van der Waals surface area contributed by atoms with E-state index in [4.69, 9.17) is 9.66 Å². The maximum Gasteiger partial charge on any atom is 0.303 e. The Bertz CT molecular complexity index is 209. The van der Waals surface area contributed by atoms with Crippen LogP contribution in [0.3, 0.4) is 0 Å². The summed E-state index contributed by atoms with van der Waals surface area (Å²) in [5.41, 5.74) is 0. The van der Waals surface area contributed by atoms with Crippen LogP contribution in [-0.2, 0) is 14.9 Å². The van der Waals surface area contributed by atoms with Gasteiger partial charge in [-0.25, -0.2) is 0 Å². The van der Waals surface area contributed by atoms with Crippen LogP contribution in [0.25, 0.3) is 0 Å². The Labute approximate surface area is 64.6 Å². The molecule has 0 spiro atoms. The molecule has 0 aromatic heterocycles. The third-order valence-electron chi connectivity index (χ3n) is 0.793. The van der Waals surface area contributed by atoms with Gasteiger partial charge in [0, 0.05) is 6.42 Å². The molecule has 0 bridgehead atoms. The normalized spacial score (nSPS) is 10.3. The van der Waals surface area contributed by atoms with Crippen molar-refractivity contribution in [2.24, 2.45) is 0 Å². The third kappa shape index (κ3) is 12.5. The molecule has 11 heavy (non-hydrogen) atoms. The molecule has 5 N–H and O–H groups in total. The van der Waals surface area contributed by atoms with Crippen molar-refractivity contribution in [1.29, 1.82) is 0 Å². The van der Waals surface area contributed by atoms with E-state index < -0.39 is 21.8 Å². The molecule has 0 aromatic carbocycles. The summed E-state index contributed by atoms with van der Waals surface area (Å²) < 4.78 is 28.1. The minimum Gasteiger partial charge on any atom is -0.481 e. The van der Waals surface area contributed by atoms with Gasteiger partial charge in [0.05, 0.1) is 5.75 Å². The Morgan fingerprint density at radius 1 is 1.36 bits per heavy atom. The summed E-state index contributed by atoms with van der Waals surface area (Å²) in [6.45, 7) is 0. The zero-order chi connectivity index (χ0) is 8.20. The zero-order valence-corrected chi connectivity index (χ0v) is 6.67. The van der Waals surface area contributed by atoms with Gasteiger partial charge in [-0.05, 0) is 6.42 Å². The largest absolute Gasteiger partial charge is 0.481 e. The highest BCUT2D eigenvalue weighted by molar-refractivity contribution is 7.85. The van der Waals surface area contributed by atoms with Crippen LogP contribution in [0.15, 0.2) is 0 Å². The number of hydrogen-bond donors (Lipinski definition) is 3. The van der Waals surface area contributed by atoms with Crippen LogP contribution in [0.2, 0.25) is 0 Å². The van der Waals surface area contributed by atoms with Crippen molar-refractivity contribution in [3.05, 3.63) is 0 Å². The van der Waals surface area contributed by atoms with Crippen LogP contribution in [-0.4, -0.2) is 29.8 Å². The summed E-state index contributed by atoms with van der Waals surface area (Å²) >= 11 is 0. The summed E-state index contributed by atoms with van der Waals surface area (Å²) in [7, 11) is -3.98. The van der Waals surface area contributed by atoms with E-state index in [9.17, 15) is 13.2 Å². The van der Waals surface area contributed by atoms with Crippen molar-refractivity contribution < 1.29 is 22.9 Å². The predicted octanol–water partition coefficient (Wildman–Crippen LogP) is -0.0990. The monoisotopic (exact) mass is 185 g/mol. The quantitative estimate of drug-likeness (QED) is 0.525. The highest BCUT2D eigenvalue weighted by atomic mass is 32.2. The Kier molecular flexibility index (Phi) is 5.96. The van der Waals surface area contributed by atoms with Gasteiger partial charge < -0.3 is 11.3 Å². The van der Waals surface area contributed by atoms with E-state index in [1.165, 1.54) is 0 Å². The second-order valence-electron chi connectivity index (χ2n) is 1.78. The lowest BCUT2D eigenvalue weighted by molar-refractivity contribution is -0.137. The molecule has 7 heteroatoms. The topological polar surface area (TPSA) is 127 Å². The summed E-state index contributed by atoms with van der Waals surface area (Å²) in [5, 5.41) is 8.03. The fourth-order valence-corrected chi connectivity index (χ4v) is 0.915. The molecule has 0 rings (SSSR count). The number of carboxylic acid groups (broad SMARTS) is 1. The van der Waals surface area contributed by atoms with Crippen LogP contribution in [0, 0.1) is 0 Å². The minimum atomic E-state index is -3.98.